The van der Waals surface area contributed by atoms with Crippen LogP contribution in [-0.2, 0) is 4.74 Å². The molecule has 0 radical (unpaired) electrons. The topological polar surface area (TPSA) is 21.7 Å². The first-order valence-electron chi connectivity index (χ1n) is 6.18. The van der Waals surface area contributed by atoms with E-state index in [0.717, 1.165) is 32.2 Å². The van der Waals surface area contributed by atoms with Crippen LogP contribution >= 0.6 is 0 Å². The minimum Gasteiger partial charge on any atom is -0.489 e. The number of ether oxygens (including phenoxy) is 2. The van der Waals surface area contributed by atoms with Gasteiger partial charge in [-0.2, -0.15) is 4.39 Å². The molecular weight excluding hydrogens is 240 g/mol. The first-order chi connectivity index (χ1) is 8.75. The molecular formula is C13H15F2NO2. The number of rotatable bonds is 4. The molecule has 2 fully saturated rings. The summed E-state index contributed by atoms with van der Waals surface area (Å²) in [6, 6.07) is 4.47. The van der Waals surface area contributed by atoms with Gasteiger partial charge in [-0.05, 0) is 18.6 Å². The van der Waals surface area contributed by atoms with Gasteiger partial charge >= 0.3 is 0 Å². The summed E-state index contributed by atoms with van der Waals surface area (Å²) in [6.07, 6.45) is 1.46. The lowest BCUT2D eigenvalue weighted by Crippen LogP contribution is -2.39. The van der Waals surface area contributed by atoms with Crippen LogP contribution in [0.5, 0.6) is 5.75 Å². The Morgan fingerprint density at radius 1 is 1.39 bits per heavy atom. The molecule has 2 unspecified atom stereocenters. The maximum atomic E-state index is 13.3. The lowest BCUT2D eigenvalue weighted by molar-refractivity contribution is 0.0260. The van der Waals surface area contributed by atoms with E-state index in [4.69, 9.17) is 9.47 Å². The molecule has 2 atom stereocenters. The zero-order chi connectivity index (χ0) is 12.5. The second kappa shape index (κ2) is 4.82. The predicted octanol–water partition coefficient (Wildman–Crippen LogP) is 1.82. The van der Waals surface area contributed by atoms with E-state index >= 15 is 0 Å². The van der Waals surface area contributed by atoms with Gasteiger partial charge in [0.1, 0.15) is 6.61 Å². The van der Waals surface area contributed by atoms with Crippen molar-refractivity contribution in [3.05, 3.63) is 29.8 Å². The van der Waals surface area contributed by atoms with Gasteiger partial charge in [-0.25, -0.2) is 4.39 Å². The highest BCUT2D eigenvalue weighted by atomic mass is 19.2. The minimum atomic E-state index is -0.913. The fourth-order valence-electron chi connectivity index (χ4n) is 2.36. The molecule has 1 heterocycles. The van der Waals surface area contributed by atoms with Gasteiger partial charge in [0, 0.05) is 19.1 Å². The van der Waals surface area contributed by atoms with E-state index in [1.54, 1.807) is 0 Å². The molecule has 18 heavy (non-hydrogen) atoms. The van der Waals surface area contributed by atoms with Crippen LogP contribution in [0.4, 0.5) is 8.78 Å². The van der Waals surface area contributed by atoms with Crippen LogP contribution in [0.25, 0.3) is 0 Å². The highest BCUT2D eigenvalue weighted by molar-refractivity contribution is 5.25. The maximum absolute atomic E-state index is 13.3. The summed E-state index contributed by atoms with van der Waals surface area (Å²) in [7, 11) is 0. The van der Waals surface area contributed by atoms with Crippen molar-refractivity contribution >= 4 is 0 Å². The fraction of sp³-hybridized carbons (Fsp3) is 0.538. The molecule has 0 bridgehead atoms. The number of hydrogen-bond donors (Lipinski definition) is 0. The van der Waals surface area contributed by atoms with Crippen LogP contribution in [0.15, 0.2) is 18.2 Å². The van der Waals surface area contributed by atoms with E-state index in [-0.39, 0.29) is 5.75 Å². The highest BCUT2D eigenvalue weighted by Gasteiger charge is 2.45. The van der Waals surface area contributed by atoms with Crippen molar-refractivity contribution in [3.8, 4) is 5.75 Å². The van der Waals surface area contributed by atoms with Gasteiger partial charge < -0.3 is 9.47 Å². The smallest absolute Gasteiger partial charge is 0.200 e. The molecule has 0 spiro atoms. The standard InChI is InChI=1S/C13H15F2NO2/c14-9-2-1-3-11(13(9)15)17-6-4-16-5-7-18-12-8-10(12)16/h1-3,10,12H,4-8H2. The number of fused-ring (bicyclic) bond motifs is 1. The highest BCUT2D eigenvalue weighted by Crippen LogP contribution is 2.34. The number of morpholine rings is 1. The molecule has 2 aliphatic rings. The molecule has 5 heteroatoms. The molecule has 0 aromatic heterocycles. The SMILES string of the molecule is Fc1cccc(OCCN2CCOC3CC32)c1F. The number of hydrogen-bond acceptors (Lipinski definition) is 3. The van der Waals surface area contributed by atoms with Crippen LogP contribution in [0.2, 0.25) is 0 Å². The van der Waals surface area contributed by atoms with Gasteiger partial charge in [0.2, 0.25) is 5.82 Å². The van der Waals surface area contributed by atoms with Crippen molar-refractivity contribution < 1.29 is 18.3 Å². The minimum absolute atomic E-state index is 0.0180. The van der Waals surface area contributed by atoms with Gasteiger partial charge in [-0.3, -0.25) is 4.90 Å². The third-order valence-corrected chi connectivity index (χ3v) is 3.43. The predicted molar refractivity (Wildman–Crippen MR) is 61.6 cm³/mol. The zero-order valence-corrected chi connectivity index (χ0v) is 9.94. The average Bonchev–Trinajstić information content (AvgIpc) is 3.14. The summed E-state index contributed by atoms with van der Waals surface area (Å²) < 4.78 is 37.0. The third kappa shape index (κ3) is 2.33. The van der Waals surface area contributed by atoms with Crippen molar-refractivity contribution in [1.82, 2.24) is 4.90 Å². The maximum Gasteiger partial charge on any atom is 0.200 e. The van der Waals surface area contributed by atoms with Crippen LogP contribution in [0, 0.1) is 11.6 Å². The normalized spacial score (nSPS) is 26.8. The van der Waals surface area contributed by atoms with E-state index in [0.29, 0.717) is 18.8 Å². The van der Waals surface area contributed by atoms with Crippen LogP contribution < -0.4 is 4.74 Å². The van der Waals surface area contributed by atoms with Crippen molar-refractivity contribution in [2.45, 2.75) is 18.6 Å². The van der Waals surface area contributed by atoms with Crippen LogP contribution in [0.1, 0.15) is 6.42 Å². The molecule has 3 nitrogen and oxygen atoms in total. The Balaban J connectivity index is 1.51. The Bertz CT molecular complexity index is 441. The molecule has 0 N–H and O–H groups in total. The van der Waals surface area contributed by atoms with E-state index in [1.807, 2.05) is 0 Å². The summed E-state index contributed by atoms with van der Waals surface area (Å²) in [6.45, 7) is 2.72. The average molecular weight is 255 g/mol. The molecule has 3 rings (SSSR count). The number of benzene rings is 1. The van der Waals surface area contributed by atoms with E-state index < -0.39 is 11.6 Å². The third-order valence-electron chi connectivity index (χ3n) is 3.43. The zero-order valence-electron chi connectivity index (χ0n) is 9.94. The molecule has 1 saturated heterocycles. The van der Waals surface area contributed by atoms with Crippen LogP contribution in [-0.4, -0.2) is 43.3 Å². The lowest BCUT2D eigenvalue weighted by Gasteiger charge is -2.26. The Labute approximate surface area is 104 Å². The Kier molecular flexibility index (Phi) is 3.18. The summed E-state index contributed by atoms with van der Waals surface area (Å²) in [4.78, 5) is 2.28. The van der Waals surface area contributed by atoms with E-state index in [2.05, 4.69) is 4.90 Å². The summed E-state index contributed by atoms with van der Waals surface area (Å²) in [5, 5.41) is 0. The molecule has 1 aromatic carbocycles. The van der Waals surface area contributed by atoms with Crippen LogP contribution in [0.3, 0.4) is 0 Å². The fourth-order valence-corrected chi connectivity index (χ4v) is 2.36. The molecule has 1 aliphatic heterocycles. The van der Waals surface area contributed by atoms with Gasteiger partial charge in [0.25, 0.3) is 0 Å². The number of halogens is 2. The van der Waals surface area contributed by atoms with Crippen molar-refractivity contribution in [3.63, 3.8) is 0 Å². The number of nitrogens with zero attached hydrogens (tertiary/aromatic N) is 1. The van der Waals surface area contributed by atoms with Gasteiger partial charge in [-0.1, -0.05) is 6.07 Å². The summed E-state index contributed by atoms with van der Waals surface area (Å²) in [5.74, 6) is -1.81. The lowest BCUT2D eigenvalue weighted by atomic mass is 10.3. The summed E-state index contributed by atoms with van der Waals surface area (Å²) in [5.41, 5.74) is 0. The van der Waals surface area contributed by atoms with Gasteiger partial charge in [0.05, 0.1) is 12.7 Å². The Morgan fingerprint density at radius 3 is 3.17 bits per heavy atom. The molecule has 1 aliphatic carbocycles. The second-order valence-corrected chi connectivity index (χ2v) is 4.65. The van der Waals surface area contributed by atoms with E-state index in [9.17, 15) is 8.78 Å². The Hall–Kier alpha value is -1.20. The first kappa shape index (κ1) is 11.9. The second-order valence-electron chi connectivity index (χ2n) is 4.65. The van der Waals surface area contributed by atoms with Gasteiger partial charge in [-0.15, -0.1) is 0 Å². The van der Waals surface area contributed by atoms with Crippen molar-refractivity contribution in [2.24, 2.45) is 0 Å². The Morgan fingerprint density at radius 2 is 2.28 bits per heavy atom. The summed E-state index contributed by atoms with van der Waals surface area (Å²) >= 11 is 0. The largest absolute Gasteiger partial charge is 0.489 e. The quantitative estimate of drug-likeness (QED) is 0.819. The molecule has 0 amide bonds. The van der Waals surface area contributed by atoms with Crippen molar-refractivity contribution in [1.29, 1.82) is 0 Å². The monoisotopic (exact) mass is 255 g/mol. The first-order valence-corrected chi connectivity index (χ1v) is 6.18. The molecule has 1 aromatic rings. The van der Waals surface area contributed by atoms with Gasteiger partial charge in [0.15, 0.2) is 11.6 Å². The van der Waals surface area contributed by atoms with Crippen molar-refractivity contribution in [2.75, 3.05) is 26.3 Å². The van der Waals surface area contributed by atoms with E-state index in [1.165, 1.54) is 12.1 Å². The molecule has 1 saturated carbocycles. The molecule has 98 valence electrons.